The second-order valence-corrected chi connectivity index (χ2v) is 10.2. The van der Waals surface area contributed by atoms with Gasteiger partial charge in [0.2, 0.25) is 0 Å². The molecule has 0 heterocycles. The van der Waals surface area contributed by atoms with Gasteiger partial charge in [-0.05, 0) is 72.6 Å². The Hall–Kier alpha value is -0.440. The minimum Gasteiger partial charge on any atom is -1.00 e. The predicted octanol–water partition coefficient (Wildman–Crippen LogP) is 0.443. The standard InChI is InChI=1S/C20H28O5S.Na.H2O.H/c1-12(2)14-10-13-6-7-17-19(3,8-5-9-20(17,4)18(21)22)15(13)11-16(14)26(23,24)25;;;/h10-12,17H,5-9H2,1-4H3,(H,21,22)(H,23,24,25);;1H2;/q;+1;;-1/t17-,19-,20-;;;/m1.../s1. The first kappa shape index (κ1) is 25.6. The predicted molar refractivity (Wildman–Crippen MR) is 104 cm³/mol. The molecule has 0 spiro atoms. The number of carboxylic acids is 1. The molecular formula is C20H31NaO6S. The molecule has 0 aliphatic heterocycles. The van der Waals surface area contributed by atoms with E-state index in [0.717, 1.165) is 36.8 Å². The summed E-state index contributed by atoms with van der Waals surface area (Å²) in [6.45, 7) is 7.71. The molecule has 4 N–H and O–H groups in total. The van der Waals surface area contributed by atoms with E-state index in [0.29, 0.717) is 12.0 Å². The first-order valence-corrected chi connectivity index (χ1v) is 10.7. The third kappa shape index (κ3) is 3.94. The number of aliphatic carboxylic acids is 1. The fourth-order valence-electron chi connectivity index (χ4n) is 5.45. The average molecular weight is 423 g/mol. The van der Waals surface area contributed by atoms with Gasteiger partial charge in [0, 0.05) is 0 Å². The summed E-state index contributed by atoms with van der Waals surface area (Å²) >= 11 is 0. The monoisotopic (exact) mass is 422 g/mol. The van der Waals surface area contributed by atoms with Gasteiger partial charge in [0.15, 0.2) is 0 Å². The fourth-order valence-corrected chi connectivity index (χ4v) is 6.31. The molecule has 8 heteroatoms. The zero-order valence-corrected chi connectivity index (χ0v) is 20.2. The molecule has 154 valence electrons. The second kappa shape index (κ2) is 8.36. The van der Waals surface area contributed by atoms with Crippen LogP contribution in [0.3, 0.4) is 0 Å². The molecule has 1 fully saturated rings. The zero-order chi connectivity index (χ0) is 19.5. The first-order valence-electron chi connectivity index (χ1n) is 9.29. The van der Waals surface area contributed by atoms with Crippen molar-refractivity contribution in [3.8, 4) is 0 Å². The first-order chi connectivity index (χ1) is 11.9. The average Bonchev–Trinajstić information content (AvgIpc) is 2.52. The molecule has 0 bridgehead atoms. The van der Waals surface area contributed by atoms with Crippen molar-refractivity contribution in [1.29, 1.82) is 0 Å². The summed E-state index contributed by atoms with van der Waals surface area (Å²) in [5, 5.41) is 9.86. The zero-order valence-electron chi connectivity index (χ0n) is 18.4. The number of rotatable bonds is 3. The Kier molecular flexibility index (Phi) is 7.64. The molecule has 2 aliphatic rings. The van der Waals surface area contributed by atoms with E-state index in [4.69, 9.17) is 0 Å². The number of fused-ring (bicyclic) bond motifs is 3. The Balaban J connectivity index is 0.00000261. The number of benzene rings is 1. The minimum absolute atomic E-state index is 0. The van der Waals surface area contributed by atoms with Gasteiger partial charge in [-0.3, -0.25) is 9.35 Å². The number of carboxylic acid groups (broad SMARTS) is 1. The quantitative estimate of drug-likeness (QED) is 0.541. The van der Waals surface area contributed by atoms with Gasteiger partial charge in [0.1, 0.15) is 0 Å². The third-order valence-corrected chi connectivity index (χ3v) is 7.78. The van der Waals surface area contributed by atoms with E-state index in [1.165, 1.54) is 0 Å². The van der Waals surface area contributed by atoms with Crippen LogP contribution in [0.1, 0.15) is 77.4 Å². The maximum atomic E-state index is 12.0. The molecule has 0 unspecified atom stereocenters. The van der Waals surface area contributed by atoms with Gasteiger partial charge in [-0.2, -0.15) is 8.42 Å². The molecule has 1 aromatic carbocycles. The molecule has 3 rings (SSSR count). The van der Waals surface area contributed by atoms with E-state index < -0.39 is 26.9 Å². The topological polar surface area (TPSA) is 123 Å². The molecule has 0 aromatic heterocycles. The Morgan fingerprint density at radius 1 is 1.25 bits per heavy atom. The van der Waals surface area contributed by atoms with Crippen LogP contribution in [-0.4, -0.2) is 29.5 Å². The Labute approximate surface area is 190 Å². The van der Waals surface area contributed by atoms with Crippen molar-refractivity contribution < 1.29 is 59.3 Å². The van der Waals surface area contributed by atoms with Crippen molar-refractivity contribution in [2.45, 2.75) is 76.0 Å². The van der Waals surface area contributed by atoms with E-state index in [1.807, 2.05) is 26.8 Å². The van der Waals surface area contributed by atoms with Gasteiger partial charge in [0.05, 0.1) is 10.3 Å². The van der Waals surface area contributed by atoms with E-state index in [2.05, 4.69) is 6.92 Å². The second-order valence-electron chi connectivity index (χ2n) is 8.76. The molecular weight excluding hydrogens is 391 g/mol. The number of hydrogen-bond donors (Lipinski definition) is 2. The maximum absolute atomic E-state index is 12.0. The smallest absolute Gasteiger partial charge is 1.00 e. The summed E-state index contributed by atoms with van der Waals surface area (Å²) < 4.78 is 33.8. The van der Waals surface area contributed by atoms with E-state index in [1.54, 1.807) is 6.07 Å². The van der Waals surface area contributed by atoms with Gasteiger partial charge in [0.25, 0.3) is 10.1 Å². The van der Waals surface area contributed by atoms with Crippen LogP contribution in [0.5, 0.6) is 0 Å². The number of aryl methyl sites for hydroxylation is 1. The SMILES string of the molecule is CC(C)c1cc2c(cc1S(=O)(=O)O)[C@@]1(C)CCC[C@@](C)(C(=O)O)[C@@H]1CC2.O.[H-].[Na+]. The van der Waals surface area contributed by atoms with Gasteiger partial charge in [-0.15, -0.1) is 0 Å². The van der Waals surface area contributed by atoms with Crippen molar-refractivity contribution in [2.24, 2.45) is 11.3 Å². The van der Waals surface area contributed by atoms with Crippen LogP contribution in [0.4, 0.5) is 0 Å². The summed E-state index contributed by atoms with van der Waals surface area (Å²) in [4.78, 5) is 12.0. The fraction of sp³-hybridized carbons (Fsp3) is 0.650. The Morgan fingerprint density at radius 3 is 2.36 bits per heavy atom. The number of hydrogen-bond acceptors (Lipinski definition) is 3. The van der Waals surface area contributed by atoms with Gasteiger partial charge < -0.3 is 12.0 Å². The van der Waals surface area contributed by atoms with E-state index in [-0.39, 0.29) is 53.2 Å². The van der Waals surface area contributed by atoms with E-state index >= 15 is 0 Å². The molecule has 0 saturated heterocycles. The van der Waals surface area contributed by atoms with Crippen molar-refractivity contribution in [1.82, 2.24) is 0 Å². The normalized spacial score (nSPS) is 29.1. The van der Waals surface area contributed by atoms with Crippen molar-refractivity contribution in [2.75, 3.05) is 0 Å². The summed E-state index contributed by atoms with van der Waals surface area (Å²) in [5.74, 6) is -0.850. The van der Waals surface area contributed by atoms with Gasteiger partial charge in [-0.25, -0.2) is 0 Å². The van der Waals surface area contributed by atoms with Crippen LogP contribution in [0.2, 0.25) is 0 Å². The van der Waals surface area contributed by atoms with Gasteiger partial charge in [-0.1, -0.05) is 33.3 Å². The Morgan fingerprint density at radius 2 is 1.86 bits per heavy atom. The van der Waals surface area contributed by atoms with Crippen molar-refractivity contribution >= 4 is 16.1 Å². The van der Waals surface area contributed by atoms with Crippen LogP contribution in [0, 0.1) is 11.3 Å². The van der Waals surface area contributed by atoms with Crippen LogP contribution >= 0.6 is 0 Å². The Bertz CT molecular complexity index is 872. The van der Waals surface area contributed by atoms with E-state index in [9.17, 15) is 22.9 Å². The molecule has 0 amide bonds. The largest absolute Gasteiger partial charge is 1.00 e. The minimum atomic E-state index is -4.34. The summed E-state index contributed by atoms with van der Waals surface area (Å²) in [6.07, 6.45) is 3.80. The summed E-state index contributed by atoms with van der Waals surface area (Å²) in [5.41, 5.74) is 1.42. The maximum Gasteiger partial charge on any atom is 1.00 e. The molecule has 3 atom stereocenters. The molecule has 2 aliphatic carbocycles. The molecule has 28 heavy (non-hydrogen) atoms. The van der Waals surface area contributed by atoms with Crippen LogP contribution in [0.15, 0.2) is 17.0 Å². The van der Waals surface area contributed by atoms with Crippen LogP contribution in [-0.2, 0) is 26.7 Å². The van der Waals surface area contributed by atoms with Crippen LogP contribution < -0.4 is 29.6 Å². The molecule has 1 saturated carbocycles. The van der Waals surface area contributed by atoms with Gasteiger partial charge >= 0.3 is 35.5 Å². The van der Waals surface area contributed by atoms with Crippen molar-refractivity contribution in [3.05, 3.63) is 28.8 Å². The van der Waals surface area contributed by atoms with Crippen molar-refractivity contribution in [3.63, 3.8) is 0 Å². The molecule has 1 aromatic rings. The number of carbonyl (C=O) groups is 1. The molecule has 6 nitrogen and oxygen atoms in total. The van der Waals surface area contributed by atoms with Crippen LogP contribution in [0.25, 0.3) is 0 Å². The summed E-state index contributed by atoms with van der Waals surface area (Å²) in [6, 6.07) is 3.54. The summed E-state index contributed by atoms with van der Waals surface area (Å²) in [7, 11) is -4.34. The third-order valence-electron chi connectivity index (χ3n) is 6.87. The molecule has 0 radical (unpaired) electrons.